The molecule has 5 heteroatoms. The molecule has 0 aliphatic heterocycles. The fraction of sp³-hybridized carbons (Fsp3) is 0.400. The van der Waals surface area contributed by atoms with E-state index in [1.165, 1.54) is 6.92 Å². The molecule has 0 fully saturated rings. The predicted octanol–water partition coefficient (Wildman–Crippen LogP) is 1.44. The minimum Gasteiger partial charge on any atom is -0.380 e. The Morgan fingerprint density at radius 2 is 1.90 bits per heavy atom. The number of amidine groups is 1. The molecule has 0 saturated carbocycles. The topological polar surface area (TPSA) is 38.4 Å². The molecule has 0 heterocycles. The molecule has 0 radical (unpaired) electrons. The van der Waals surface area contributed by atoms with Gasteiger partial charge in [0.1, 0.15) is 0 Å². The van der Waals surface area contributed by atoms with E-state index in [-0.39, 0.29) is 5.70 Å². The molecule has 0 saturated heterocycles. The summed E-state index contributed by atoms with van der Waals surface area (Å²) in [5.41, 5.74) is 4.55. The summed E-state index contributed by atoms with van der Waals surface area (Å²) in [4.78, 5) is 2.92. The molecular weight excluding hydrogens is 145 g/mol. The normalized spacial score (nSPS) is 13.4. The van der Waals surface area contributed by atoms with E-state index in [0.29, 0.717) is 0 Å². The van der Waals surface area contributed by atoms with Gasteiger partial charge in [-0.2, -0.15) is 13.2 Å². The van der Waals surface area contributed by atoms with Crippen molar-refractivity contribution in [1.82, 2.24) is 0 Å². The fourth-order valence-corrected chi connectivity index (χ4v) is 0.269. The van der Waals surface area contributed by atoms with Crippen LogP contribution in [0.4, 0.5) is 13.2 Å². The Morgan fingerprint density at radius 3 is 2.00 bits per heavy atom. The van der Waals surface area contributed by atoms with Gasteiger partial charge in [-0.15, -0.1) is 0 Å². The number of nitrogens with two attached hydrogens (primary N) is 1. The van der Waals surface area contributed by atoms with Gasteiger partial charge in [-0.25, -0.2) is 4.99 Å². The maximum atomic E-state index is 11.5. The number of rotatable bonds is 1. The van der Waals surface area contributed by atoms with Crippen LogP contribution in [0.1, 0.15) is 6.92 Å². The first kappa shape index (κ1) is 9.00. The van der Waals surface area contributed by atoms with Gasteiger partial charge < -0.3 is 5.73 Å². The monoisotopic (exact) mass is 152 g/mol. The highest BCUT2D eigenvalue weighted by atomic mass is 19.4. The molecule has 2 N–H and O–H groups in total. The van der Waals surface area contributed by atoms with Crippen molar-refractivity contribution >= 4 is 5.84 Å². The van der Waals surface area contributed by atoms with Crippen LogP contribution in [0.25, 0.3) is 0 Å². The van der Waals surface area contributed by atoms with Crippen molar-refractivity contribution in [3.8, 4) is 0 Å². The molecule has 0 amide bonds. The summed E-state index contributed by atoms with van der Waals surface area (Å²) in [6.07, 6.45) is -4.54. The maximum absolute atomic E-state index is 11.5. The zero-order valence-electron chi connectivity index (χ0n) is 5.37. The second-order valence-electron chi connectivity index (χ2n) is 1.73. The number of allylic oxidation sites excluding steroid dienone is 1. The Morgan fingerprint density at radius 1 is 1.50 bits per heavy atom. The first-order valence-electron chi connectivity index (χ1n) is 2.41. The van der Waals surface area contributed by atoms with E-state index < -0.39 is 12.0 Å². The Labute approximate surface area is 56.2 Å². The summed E-state index contributed by atoms with van der Waals surface area (Å²) >= 11 is 0. The lowest BCUT2D eigenvalue weighted by Crippen LogP contribution is -2.31. The summed E-state index contributed by atoms with van der Waals surface area (Å²) in [5.74, 6) is -1.36. The van der Waals surface area contributed by atoms with Crippen LogP contribution < -0.4 is 5.73 Å². The van der Waals surface area contributed by atoms with Crippen molar-refractivity contribution in [2.24, 2.45) is 10.7 Å². The first-order valence-corrected chi connectivity index (χ1v) is 2.41. The first-order chi connectivity index (χ1) is 4.34. The van der Waals surface area contributed by atoms with Crippen molar-refractivity contribution in [3.63, 3.8) is 0 Å². The average molecular weight is 152 g/mol. The summed E-state index contributed by atoms with van der Waals surface area (Å²) in [6.45, 7) is 4.47. The van der Waals surface area contributed by atoms with Crippen LogP contribution in [-0.2, 0) is 0 Å². The molecule has 0 rings (SSSR count). The van der Waals surface area contributed by atoms with Crippen molar-refractivity contribution < 1.29 is 13.2 Å². The SMILES string of the molecule is C=C(C)N=C(N)C(F)(F)F. The van der Waals surface area contributed by atoms with E-state index in [1.807, 2.05) is 0 Å². The predicted molar refractivity (Wildman–Crippen MR) is 32.5 cm³/mol. The highest BCUT2D eigenvalue weighted by molar-refractivity contribution is 5.86. The lowest BCUT2D eigenvalue weighted by molar-refractivity contribution is -0.0598. The molecule has 0 aromatic carbocycles. The van der Waals surface area contributed by atoms with Crippen molar-refractivity contribution in [2.75, 3.05) is 0 Å². The standard InChI is InChI=1S/C5H7F3N2/c1-3(2)10-4(9)5(6,7)8/h1H2,2H3,(H2,9,10). The van der Waals surface area contributed by atoms with Gasteiger partial charge in [0.05, 0.1) is 0 Å². The Balaban J connectivity index is 4.35. The molecule has 0 spiro atoms. The van der Waals surface area contributed by atoms with E-state index >= 15 is 0 Å². The average Bonchev–Trinajstić information content (AvgIpc) is 1.60. The molecule has 0 aromatic heterocycles. The third-order valence-electron chi connectivity index (χ3n) is 0.602. The van der Waals surface area contributed by atoms with Gasteiger partial charge in [-0.3, -0.25) is 0 Å². The lowest BCUT2D eigenvalue weighted by Gasteiger charge is -2.03. The van der Waals surface area contributed by atoms with E-state index in [1.54, 1.807) is 0 Å². The molecular formula is C5H7F3N2. The van der Waals surface area contributed by atoms with Crippen LogP contribution in [0.5, 0.6) is 0 Å². The second-order valence-corrected chi connectivity index (χ2v) is 1.73. The minimum absolute atomic E-state index is 0.0369. The summed E-state index contributed by atoms with van der Waals surface area (Å²) in [7, 11) is 0. The largest absolute Gasteiger partial charge is 0.448 e. The second kappa shape index (κ2) is 2.72. The zero-order chi connectivity index (χ0) is 8.36. The van der Waals surface area contributed by atoms with Gasteiger partial charge in [0.2, 0.25) is 5.84 Å². The Hall–Kier alpha value is -1.00. The van der Waals surface area contributed by atoms with E-state index in [2.05, 4.69) is 17.3 Å². The van der Waals surface area contributed by atoms with Gasteiger partial charge >= 0.3 is 6.18 Å². The lowest BCUT2D eigenvalue weighted by atomic mass is 10.5. The molecule has 2 nitrogen and oxygen atoms in total. The van der Waals surface area contributed by atoms with Crippen LogP contribution in [0, 0.1) is 0 Å². The van der Waals surface area contributed by atoms with Crippen LogP contribution in [0.15, 0.2) is 17.3 Å². The molecule has 58 valence electrons. The maximum Gasteiger partial charge on any atom is 0.448 e. The van der Waals surface area contributed by atoms with Crippen molar-refractivity contribution in [1.29, 1.82) is 0 Å². The molecule has 0 bridgehead atoms. The Bertz CT molecular complexity index is 168. The van der Waals surface area contributed by atoms with Gasteiger partial charge in [0, 0.05) is 5.70 Å². The highest BCUT2D eigenvalue weighted by Gasteiger charge is 2.33. The van der Waals surface area contributed by atoms with Crippen molar-refractivity contribution in [2.45, 2.75) is 13.1 Å². The van der Waals surface area contributed by atoms with E-state index in [9.17, 15) is 13.2 Å². The number of aliphatic imine (C=N–C) groups is 1. The van der Waals surface area contributed by atoms with Crippen LogP contribution in [-0.4, -0.2) is 12.0 Å². The molecule has 0 unspecified atom stereocenters. The number of nitrogens with zero attached hydrogens (tertiary/aromatic N) is 1. The number of halogens is 3. The van der Waals surface area contributed by atoms with Crippen molar-refractivity contribution in [3.05, 3.63) is 12.3 Å². The summed E-state index contributed by atoms with van der Waals surface area (Å²) < 4.78 is 34.5. The quantitative estimate of drug-likeness (QED) is 0.448. The van der Waals surface area contributed by atoms with Crippen LogP contribution in [0.3, 0.4) is 0 Å². The summed E-state index contributed by atoms with van der Waals surface area (Å²) in [6, 6.07) is 0. The van der Waals surface area contributed by atoms with Gasteiger partial charge in [-0.1, -0.05) is 6.58 Å². The molecule has 0 atom stereocenters. The number of alkyl halides is 3. The number of hydrogen-bond donors (Lipinski definition) is 1. The number of hydrogen-bond acceptors (Lipinski definition) is 1. The van der Waals surface area contributed by atoms with Gasteiger partial charge in [0.25, 0.3) is 0 Å². The molecule has 0 aliphatic rings. The molecule has 0 aliphatic carbocycles. The van der Waals surface area contributed by atoms with Crippen LogP contribution >= 0.6 is 0 Å². The molecule has 10 heavy (non-hydrogen) atoms. The smallest absolute Gasteiger partial charge is 0.380 e. The third kappa shape index (κ3) is 3.11. The summed E-state index contributed by atoms with van der Waals surface area (Å²) in [5, 5.41) is 0. The fourth-order valence-electron chi connectivity index (χ4n) is 0.269. The van der Waals surface area contributed by atoms with Crippen LogP contribution in [0.2, 0.25) is 0 Å². The van der Waals surface area contributed by atoms with E-state index in [0.717, 1.165) is 0 Å². The van der Waals surface area contributed by atoms with Gasteiger partial charge in [-0.05, 0) is 6.92 Å². The zero-order valence-corrected chi connectivity index (χ0v) is 5.37. The Kier molecular flexibility index (Phi) is 2.45. The minimum atomic E-state index is -4.54. The highest BCUT2D eigenvalue weighted by Crippen LogP contribution is 2.14. The molecule has 0 aromatic rings. The van der Waals surface area contributed by atoms with E-state index in [4.69, 9.17) is 0 Å². The van der Waals surface area contributed by atoms with Gasteiger partial charge in [0.15, 0.2) is 0 Å². The third-order valence-corrected chi connectivity index (χ3v) is 0.602.